The second-order valence-electron chi connectivity index (χ2n) is 2.98. The van der Waals surface area contributed by atoms with Crippen molar-refractivity contribution in [2.45, 2.75) is 31.3 Å². The number of nitro groups is 2. The van der Waals surface area contributed by atoms with Gasteiger partial charge in [-0.25, -0.2) is 0 Å². The van der Waals surface area contributed by atoms with E-state index in [-0.39, 0.29) is 12.8 Å². The number of rotatable bonds is 7. The fourth-order valence-corrected chi connectivity index (χ4v) is 1.05. The third-order valence-electron chi connectivity index (χ3n) is 1.97. The average molecular weight is 213 g/mol. The second kappa shape index (κ2) is 5.70. The van der Waals surface area contributed by atoms with Gasteiger partial charge >= 0.3 is 5.66 Å². The normalized spacial score (nSPS) is 10.3. The molecule has 0 aromatic carbocycles. The molecule has 0 amide bonds. The van der Waals surface area contributed by atoms with Crippen molar-refractivity contribution in [3.05, 3.63) is 32.9 Å². The monoisotopic (exact) mass is 213 g/mol. The van der Waals surface area contributed by atoms with Crippen LogP contribution in [0.4, 0.5) is 0 Å². The molecule has 0 saturated heterocycles. The Kier molecular flexibility index (Phi) is 4.95. The predicted molar refractivity (Wildman–Crippen MR) is 51.0 cm³/mol. The highest BCUT2D eigenvalue weighted by molar-refractivity contribution is 4.91. The summed E-state index contributed by atoms with van der Waals surface area (Å²) in [5.41, 5.74) is -2.69. The molecule has 0 unspecified atom stereocenters. The largest absolute Gasteiger partial charge is 0.543 e. The smallest absolute Gasteiger partial charge is 0.257 e. The van der Waals surface area contributed by atoms with Gasteiger partial charge in [-0.15, -0.1) is 6.58 Å². The summed E-state index contributed by atoms with van der Waals surface area (Å²) in [6.45, 7) is 3.45. The first-order valence-corrected chi connectivity index (χ1v) is 4.32. The number of hydrogen-bond acceptors (Lipinski definition) is 5. The Balaban J connectivity index is 4.52. The zero-order valence-corrected chi connectivity index (χ0v) is 8.09. The lowest BCUT2D eigenvalue weighted by molar-refractivity contribution is -0.778. The number of nitrogens with zero attached hydrogens (tertiary/aromatic N) is 3. The van der Waals surface area contributed by atoms with Gasteiger partial charge in [-0.2, -0.15) is 5.26 Å². The molecule has 0 spiro atoms. The summed E-state index contributed by atoms with van der Waals surface area (Å²) in [7, 11) is 0. The molecule has 0 N–H and O–H groups in total. The first-order chi connectivity index (χ1) is 7.01. The van der Waals surface area contributed by atoms with Crippen molar-refractivity contribution >= 4 is 0 Å². The molecular formula is C8H11N3O4. The Morgan fingerprint density at radius 2 is 1.87 bits per heavy atom. The Bertz CT molecular complexity index is 293. The third kappa shape index (κ3) is 3.02. The van der Waals surface area contributed by atoms with Crippen molar-refractivity contribution < 1.29 is 9.85 Å². The molecule has 0 bridgehead atoms. The van der Waals surface area contributed by atoms with Gasteiger partial charge in [0, 0.05) is 0 Å². The van der Waals surface area contributed by atoms with Crippen LogP contribution in [0.15, 0.2) is 12.7 Å². The lowest BCUT2D eigenvalue weighted by atomic mass is 10.0. The minimum atomic E-state index is -2.69. The maximum atomic E-state index is 10.5. The second-order valence-corrected chi connectivity index (χ2v) is 2.98. The number of unbranched alkanes of at least 4 members (excludes halogenated alkanes) is 2. The van der Waals surface area contributed by atoms with Crippen LogP contribution >= 0.6 is 0 Å². The van der Waals surface area contributed by atoms with Crippen LogP contribution in [-0.2, 0) is 0 Å². The van der Waals surface area contributed by atoms with Crippen LogP contribution in [0.2, 0.25) is 0 Å². The minimum Gasteiger partial charge on any atom is -0.257 e. The molecule has 0 rings (SSSR count). The van der Waals surface area contributed by atoms with Crippen molar-refractivity contribution in [2.24, 2.45) is 0 Å². The van der Waals surface area contributed by atoms with Gasteiger partial charge in [0.2, 0.25) is 6.07 Å². The van der Waals surface area contributed by atoms with E-state index < -0.39 is 15.5 Å². The fourth-order valence-electron chi connectivity index (χ4n) is 1.05. The fraction of sp³-hybridized carbons (Fsp3) is 0.625. The van der Waals surface area contributed by atoms with Gasteiger partial charge in [0.1, 0.15) is 16.3 Å². The lowest BCUT2D eigenvalue weighted by Crippen LogP contribution is -2.44. The highest BCUT2D eigenvalue weighted by Crippen LogP contribution is 2.19. The number of nitriles is 1. The summed E-state index contributed by atoms with van der Waals surface area (Å²) in [4.78, 5) is 18.7. The third-order valence-corrected chi connectivity index (χ3v) is 1.97. The first kappa shape index (κ1) is 13.0. The summed E-state index contributed by atoms with van der Waals surface area (Å²) in [5, 5.41) is 29.5. The molecule has 15 heavy (non-hydrogen) atoms. The highest BCUT2D eigenvalue weighted by atomic mass is 16.7. The van der Waals surface area contributed by atoms with Crippen LogP contribution in [0, 0.1) is 31.6 Å². The van der Waals surface area contributed by atoms with Crippen LogP contribution < -0.4 is 0 Å². The molecule has 0 aliphatic carbocycles. The Morgan fingerprint density at radius 3 is 2.20 bits per heavy atom. The van der Waals surface area contributed by atoms with E-state index in [4.69, 9.17) is 5.26 Å². The molecule has 0 radical (unpaired) electrons. The van der Waals surface area contributed by atoms with E-state index in [9.17, 15) is 20.2 Å². The maximum absolute atomic E-state index is 10.5. The van der Waals surface area contributed by atoms with E-state index in [0.29, 0.717) is 12.8 Å². The van der Waals surface area contributed by atoms with Crippen molar-refractivity contribution in [1.29, 1.82) is 5.26 Å². The van der Waals surface area contributed by atoms with Gasteiger partial charge in [0.15, 0.2) is 0 Å². The summed E-state index contributed by atoms with van der Waals surface area (Å²) in [6, 6.07) is 1.17. The number of allylic oxidation sites excluding steroid dienone is 1. The van der Waals surface area contributed by atoms with E-state index in [1.807, 2.05) is 0 Å². The molecule has 0 aliphatic heterocycles. The zero-order chi connectivity index (χ0) is 11.9. The van der Waals surface area contributed by atoms with Crippen LogP contribution in [0.3, 0.4) is 0 Å². The topological polar surface area (TPSA) is 110 Å². The van der Waals surface area contributed by atoms with Gasteiger partial charge in [0.05, 0.1) is 0 Å². The molecule has 0 heterocycles. The van der Waals surface area contributed by atoms with Gasteiger partial charge in [-0.05, 0) is 19.3 Å². The molecule has 0 aromatic heterocycles. The van der Waals surface area contributed by atoms with E-state index in [1.54, 1.807) is 6.08 Å². The van der Waals surface area contributed by atoms with Crippen LogP contribution in [0.1, 0.15) is 25.7 Å². The molecule has 0 aliphatic rings. The summed E-state index contributed by atoms with van der Waals surface area (Å²) >= 11 is 0. The molecule has 0 fully saturated rings. The molecule has 7 heteroatoms. The van der Waals surface area contributed by atoms with Gasteiger partial charge in [-0.1, -0.05) is 6.08 Å². The Hall–Kier alpha value is -1.97. The Labute approximate surface area is 86.3 Å². The van der Waals surface area contributed by atoms with E-state index in [0.717, 1.165) is 0 Å². The summed E-state index contributed by atoms with van der Waals surface area (Å²) in [5.74, 6) is 0. The first-order valence-electron chi connectivity index (χ1n) is 4.32. The number of hydrogen-bond donors (Lipinski definition) is 0. The van der Waals surface area contributed by atoms with Crippen LogP contribution in [0.5, 0.6) is 0 Å². The maximum Gasteiger partial charge on any atom is 0.543 e. The van der Waals surface area contributed by atoms with Crippen molar-refractivity contribution in [2.75, 3.05) is 0 Å². The molecule has 0 atom stereocenters. The van der Waals surface area contributed by atoms with Gasteiger partial charge < -0.3 is 0 Å². The highest BCUT2D eigenvalue weighted by Gasteiger charge is 2.56. The van der Waals surface area contributed by atoms with E-state index >= 15 is 0 Å². The van der Waals surface area contributed by atoms with Crippen LogP contribution in [-0.4, -0.2) is 15.5 Å². The van der Waals surface area contributed by atoms with Crippen LogP contribution in [0.25, 0.3) is 0 Å². The van der Waals surface area contributed by atoms with Crippen molar-refractivity contribution in [3.8, 4) is 6.07 Å². The quantitative estimate of drug-likeness (QED) is 0.209. The van der Waals surface area contributed by atoms with E-state index in [1.165, 1.54) is 6.07 Å². The standard InChI is InChI=1S/C8H11N3O4/c1-2-3-4-5-6-8(7-9,10(12)13)11(14)15/h2H,1,3-6H2. The average Bonchev–Trinajstić information content (AvgIpc) is 2.17. The van der Waals surface area contributed by atoms with Gasteiger partial charge in [0.25, 0.3) is 0 Å². The lowest BCUT2D eigenvalue weighted by Gasteiger charge is -2.08. The van der Waals surface area contributed by atoms with E-state index in [2.05, 4.69) is 6.58 Å². The van der Waals surface area contributed by atoms with Crippen molar-refractivity contribution in [3.63, 3.8) is 0 Å². The van der Waals surface area contributed by atoms with Gasteiger partial charge in [-0.3, -0.25) is 20.2 Å². The molecule has 7 nitrogen and oxygen atoms in total. The predicted octanol–water partition coefficient (Wildman–Crippen LogP) is 1.51. The minimum absolute atomic E-state index is 0.252. The molecular weight excluding hydrogens is 202 g/mol. The SMILES string of the molecule is C=CCCCCC(C#N)([N+](=O)[O-])[N+](=O)[O-]. The Morgan fingerprint density at radius 1 is 1.33 bits per heavy atom. The summed E-state index contributed by atoms with van der Waals surface area (Å²) < 4.78 is 0. The van der Waals surface area contributed by atoms with Crippen molar-refractivity contribution in [1.82, 2.24) is 0 Å². The molecule has 0 aromatic rings. The molecule has 0 saturated carbocycles. The zero-order valence-electron chi connectivity index (χ0n) is 8.09. The summed E-state index contributed by atoms with van der Waals surface area (Å²) in [6.07, 6.45) is 2.66. The molecule has 82 valence electrons.